The number of rotatable bonds is 6. The van der Waals surface area contributed by atoms with Crippen molar-refractivity contribution in [1.82, 2.24) is 0 Å². The maximum absolute atomic E-state index is 12.1. The number of Topliss-reactive ketones (excluding diaryl/α,β-unsaturated/α-hetero) is 1. The normalized spacial score (nSPS) is 13.4. The highest BCUT2D eigenvalue weighted by Gasteiger charge is 2.22. The zero-order valence-corrected chi connectivity index (χ0v) is 11.5. The van der Waals surface area contributed by atoms with E-state index in [1.165, 1.54) is 4.88 Å². The van der Waals surface area contributed by atoms with E-state index < -0.39 is 0 Å². The Labute approximate surface area is 103 Å². The second-order valence-corrected chi connectivity index (χ2v) is 6.20. The molecule has 2 heteroatoms. The Morgan fingerprint density at radius 1 is 1.31 bits per heavy atom. The Morgan fingerprint density at radius 3 is 2.44 bits per heavy atom. The zero-order valence-electron chi connectivity index (χ0n) is 10.7. The largest absolute Gasteiger partial charge is 0.299 e. The van der Waals surface area contributed by atoms with E-state index in [1.807, 2.05) is 13.8 Å². The molecule has 16 heavy (non-hydrogen) atoms. The molecule has 0 spiro atoms. The third kappa shape index (κ3) is 4.09. The molecule has 90 valence electrons. The molecule has 0 aliphatic carbocycles. The third-order valence-electron chi connectivity index (χ3n) is 2.76. The quantitative estimate of drug-likeness (QED) is 0.726. The molecular formula is C14H22OS. The highest BCUT2D eigenvalue weighted by molar-refractivity contribution is 7.09. The maximum atomic E-state index is 12.1. The van der Waals surface area contributed by atoms with Gasteiger partial charge in [0.1, 0.15) is 5.78 Å². The predicted octanol–water partition coefficient (Wildman–Crippen LogP) is 4.18. The minimum absolute atomic E-state index is 0.156. The fourth-order valence-electron chi connectivity index (χ4n) is 2.01. The van der Waals surface area contributed by atoms with Crippen LogP contribution < -0.4 is 0 Å². The first-order valence-electron chi connectivity index (χ1n) is 6.06. The van der Waals surface area contributed by atoms with E-state index >= 15 is 0 Å². The summed E-state index contributed by atoms with van der Waals surface area (Å²) < 4.78 is 0. The Bertz CT molecular complexity index is 311. The number of carbonyl (C=O) groups is 1. The number of thiophene rings is 1. The van der Waals surface area contributed by atoms with Gasteiger partial charge >= 0.3 is 0 Å². The van der Waals surface area contributed by atoms with Crippen LogP contribution in [0, 0.1) is 17.8 Å². The first kappa shape index (κ1) is 13.4. The average Bonchev–Trinajstić information content (AvgIpc) is 2.67. The Balaban J connectivity index is 2.67. The monoisotopic (exact) mass is 238 g/mol. The van der Waals surface area contributed by atoms with Gasteiger partial charge in [0.2, 0.25) is 0 Å². The maximum Gasteiger partial charge on any atom is 0.138 e. The van der Waals surface area contributed by atoms with Crippen LogP contribution in [0.2, 0.25) is 0 Å². The third-order valence-corrected chi connectivity index (χ3v) is 3.65. The van der Waals surface area contributed by atoms with Crippen molar-refractivity contribution in [2.24, 2.45) is 17.8 Å². The van der Waals surface area contributed by atoms with Crippen molar-refractivity contribution in [3.8, 4) is 0 Å². The predicted molar refractivity (Wildman–Crippen MR) is 70.8 cm³/mol. The van der Waals surface area contributed by atoms with Gasteiger partial charge in [0.15, 0.2) is 0 Å². The standard InChI is InChI=1S/C14H22OS/c1-10(2)8-12(14(15)11(3)4)9-13-6-5-7-16-13/h5-7,10-12H,8-9H2,1-4H3/t12-/m0/s1. The Morgan fingerprint density at radius 2 is 2.00 bits per heavy atom. The lowest BCUT2D eigenvalue weighted by Crippen LogP contribution is -2.23. The molecule has 0 radical (unpaired) electrons. The lowest BCUT2D eigenvalue weighted by molar-refractivity contribution is -0.126. The van der Waals surface area contributed by atoms with Crippen LogP contribution in [0.5, 0.6) is 0 Å². The molecule has 0 aliphatic rings. The van der Waals surface area contributed by atoms with Gasteiger partial charge in [-0.25, -0.2) is 0 Å². The summed E-state index contributed by atoms with van der Waals surface area (Å²) in [6, 6.07) is 4.19. The van der Waals surface area contributed by atoms with Crippen molar-refractivity contribution in [2.75, 3.05) is 0 Å². The zero-order chi connectivity index (χ0) is 12.1. The van der Waals surface area contributed by atoms with Gasteiger partial charge in [-0.3, -0.25) is 4.79 Å². The van der Waals surface area contributed by atoms with Crippen LogP contribution in [0.15, 0.2) is 17.5 Å². The lowest BCUT2D eigenvalue weighted by atomic mass is 9.85. The first-order chi connectivity index (χ1) is 7.50. The van der Waals surface area contributed by atoms with Gasteiger partial charge in [0.25, 0.3) is 0 Å². The van der Waals surface area contributed by atoms with Gasteiger partial charge in [0, 0.05) is 16.7 Å². The average molecular weight is 238 g/mol. The van der Waals surface area contributed by atoms with E-state index in [0.29, 0.717) is 11.7 Å². The van der Waals surface area contributed by atoms with Crippen LogP contribution in [0.4, 0.5) is 0 Å². The van der Waals surface area contributed by atoms with Crippen LogP contribution in [0.25, 0.3) is 0 Å². The van der Waals surface area contributed by atoms with Gasteiger partial charge in [0.05, 0.1) is 0 Å². The summed E-state index contributed by atoms with van der Waals surface area (Å²) in [4.78, 5) is 13.4. The number of hydrogen-bond donors (Lipinski definition) is 0. The van der Waals surface area contributed by atoms with Crippen molar-refractivity contribution in [1.29, 1.82) is 0 Å². The van der Waals surface area contributed by atoms with Crippen LogP contribution in [-0.4, -0.2) is 5.78 Å². The van der Waals surface area contributed by atoms with E-state index in [4.69, 9.17) is 0 Å². The van der Waals surface area contributed by atoms with E-state index in [2.05, 4.69) is 31.4 Å². The van der Waals surface area contributed by atoms with Crippen molar-refractivity contribution in [3.63, 3.8) is 0 Å². The van der Waals surface area contributed by atoms with E-state index in [0.717, 1.165) is 12.8 Å². The van der Waals surface area contributed by atoms with E-state index in [-0.39, 0.29) is 11.8 Å². The lowest BCUT2D eigenvalue weighted by Gasteiger charge is -2.19. The molecule has 0 bridgehead atoms. The van der Waals surface area contributed by atoms with Gasteiger partial charge in [-0.15, -0.1) is 11.3 Å². The van der Waals surface area contributed by atoms with Crippen molar-refractivity contribution < 1.29 is 4.79 Å². The van der Waals surface area contributed by atoms with Crippen molar-refractivity contribution in [2.45, 2.75) is 40.5 Å². The molecule has 0 saturated carbocycles. The molecule has 0 amide bonds. The van der Waals surface area contributed by atoms with Crippen LogP contribution in [0.1, 0.15) is 39.0 Å². The molecule has 0 saturated heterocycles. The van der Waals surface area contributed by atoms with E-state index in [1.54, 1.807) is 11.3 Å². The first-order valence-corrected chi connectivity index (χ1v) is 6.94. The molecule has 1 atom stereocenters. The van der Waals surface area contributed by atoms with Gasteiger partial charge < -0.3 is 0 Å². The molecule has 1 heterocycles. The van der Waals surface area contributed by atoms with Gasteiger partial charge in [-0.05, 0) is 30.2 Å². The number of ketones is 1. The summed E-state index contributed by atoms with van der Waals surface area (Å²) in [5.74, 6) is 1.37. The molecule has 1 nitrogen and oxygen atoms in total. The topological polar surface area (TPSA) is 17.1 Å². The minimum atomic E-state index is 0.156. The fourth-order valence-corrected chi connectivity index (χ4v) is 2.80. The van der Waals surface area contributed by atoms with Gasteiger partial charge in [-0.2, -0.15) is 0 Å². The second-order valence-electron chi connectivity index (χ2n) is 5.17. The highest BCUT2D eigenvalue weighted by atomic mass is 32.1. The van der Waals surface area contributed by atoms with Crippen LogP contribution >= 0.6 is 11.3 Å². The Hall–Kier alpha value is -0.630. The molecule has 0 aliphatic heterocycles. The summed E-state index contributed by atoms with van der Waals surface area (Å²) in [5, 5.41) is 2.08. The summed E-state index contributed by atoms with van der Waals surface area (Å²) in [6.07, 6.45) is 1.93. The highest BCUT2D eigenvalue weighted by Crippen LogP contribution is 2.23. The smallest absolute Gasteiger partial charge is 0.138 e. The molecule has 1 rings (SSSR count). The summed E-state index contributed by atoms with van der Waals surface area (Å²) in [6.45, 7) is 8.39. The van der Waals surface area contributed by atoms with Crippen LogP contribution in [-0.2, 0) is 11.2 Å². The second kappa shape index (κ2) is 6.19. The molecular weight excluding hydrogens is 216 g/mol. The fraction of sp³-hybridized carbons (Fsp3) is 0.643. The molecule has 1 aromatic rings. The number of hydrogen-bond acceptors (Lipinski definition) is 2. The van der Waals surface area contributed by atoms with Crippen LogP contribution in [0.3, 0.4) is 0 Å². The molecule has 0 unspecified atom stereocenters. The van der Waals surface area contributed by atoms with E-state index in [9.17, 15) is 4.79 Å². The van der Waals surface area contributed by atoms with Crippen molar-refractivity contribution in [3.05, 3.63) is 22.4 Å². The molecule has 0 fully saturated rings. The summed E-state index contributed by atoms with van der Waals surface area (Å²) >= 11 is 1.76. The molecule has 1 aromatic heterocycles. The number of carbonyl (C=O) groups excluding carboxylic acids is 1. The van der Waals surface area contributed by atoms with Gasteiger partial charge in [-0.1, -0.05) is 33.8 Å². The Kier molecular flexibility index (Phi) is 5.20. The minimum Gasteiger partial charge on any atom is -0.299 e. The summed E-state index contributed by atoms with van der Waals surface area (Å²) in [7, 11) is 0. The molecule has 0 aromatic carbocycles. The van der Waals surface area contributed by atoms with Crippen molar-refractivity contribution >= 4 is 17.1 Å². The summed E-state index contributed by atoms with van der Waals surface area (Å²) in [5.41, 5.74) is 0. The SMILES string of the molecule is CC(C)C[C@@H](Cc1cccs1)C(=O)C(C)C. The molecule has 0 N–H and O–H groups in total.